The predicted molar refractivity (Wildman–Crippen MR) is 139 cm³/mol. The lowest BCUT2D eigenvalue weighted by molar-refractivity contribution is -0.137. The molecule has 4 atom stereocenters. The van der Waals surface area contributed by atoms with Crippen LogP contribution in [0.2, 0.25) is 0 Å². The molecule has 2 aliphatic rings. The van der Waals surface area contributed by atoms with Crippen molar-refractivity contribution in [3.05, 3.63) is 84.0 Å². The van der Waals surface area contributed by atoms with Crippen LogP contribution in [0.15, 0.2) is 72.8 Å². The number of fused-ring (bicyclic) bond motifs is 3. The Hall–Kier alpha value is -3.62. The quantitative estimate of drug-likeness (QED) is 0.404. The highest BCUT2D eigenvalue weighted by Gasteiger charge is 2.50. The van der Waals surface area contributed by atoms with E-state index in [-0.39, 0.29) is 31.4 Å². The zero-order valence-electron chi connectivity index (χ0n) is 21.0. The van der Waals surface area contributed by atoms with Crippen LogP contribution in [0.5, 0.6) is 11.5 Å². The third kappa shape index (κ3) is 5.70. The van der Waals surface area contributed by atoms with Gasteiger partial charge < -0.3 is 29.9 Å². The van der Waals surface area contributed by atoms with Gasteiger partial charge in [-0.1, -0.05) is 36.4 Å². The molecule has 3 N–H and O–H groups in total. The molecule has 4 unspecified atom stereocenters. The number of nitrogens with zero attached hydrogens (tertiary/aromatic N) is 1. The van der Waals surface area contributed by atoms with E-state index in [9.17, 15) is 19.8 Å². The van der Waals surface area contributed by atoms with Crippen molar-refractivity contribution in [3.8, 4) is 11.5 Å². The second kappa shape index (κ2) is 12.1. The van der Waals surface area contributed by atoms with E-state index < -0.39 is 24.2 Å². The molecule has 1 aliphatic heterocycles. The second-order valence-corrected chi connectivity index (χ2v) is 9.20. The molecule has 2 amide bonds. The number of hydrogen-bond acceptors (Lipinski definition) is 6. The standard InChI is InChI=1S/C29H34N2O6/c1-3-4-12-25(33)31(15-13-19-8-7-9-20(17-19)36-2)23-18-22(29(35)30-14-16-32)26-21-10-5-6-11-24(21)37-28(26)27(23)34/h3,5-11,17-18,23,26-28,32,34H,1,4,12-16H2,2H3,(H,30,35). The van der Waals surface area contributed by atoms with Crippen LogP contribution in [-0.4, -0.2) is 72.0 Å². The Balaban J connectivity index is 1.69. The number of amides is 2. The fourth-order valence-corrected chi connectivity index (χ4v) is 5.08. The third-order valence-corrected chi connectivity index (χ3v) is 6.90. The van der Waals surface area contributed by atoms with Gasteiger partial charge in [0, 0.05) is 30.6 Å². The Morgan fingerprint density at radius 1 is 1.22 bits per heavy atom. The minimum Gasteiger partial charge on any atom is -0.497 e. The second-order valence-electron chi connectivity index (χ2n) is 9.20. The molecule has 8 nitrogen and oxygen atoms in total. The normalized spacial score (nSPS) is 21.6. The van der Waals surface area contributed by atoms with Crippen molar-refractivity contribution in [2.45, 2.75) is 43.4 Å². The van der Waals surface area contributed by atoms with Crippen molar-refractivity contribution >= 4 is 11.8 Å². The van der Waals surface area contributed by atoms with E-state index in [0.717, 1.165) is 16.9 Å². The van der Waals surface area contributed by atoms with Gasteiger partial charge in [0.2, 0.25) is 11.8 Å². The van der Waals surface area contributed by atoms with Gasteiger partial charge in [-0.3, -0.25) is 9.59 Å². The Kier molecular flexibility index (Phi) is 8.63. The van der Waals surface area contributed by atoms with Crippen molar-refractivity contribution in [2.24, 2.45) is 0 Å². The summed E-state index contributed by atoms with van der Waals surface area (Å²) >= 11 is 0. The lowest BCUT2D eigenvalue weighted by atomic mass is 9.77. The van der Waals surface area contributed by atoms with E-state index in [2.05, 4.69) is 11.9 Å². The molecular formula is C29H34N2O6. The van der Waals surface area contributed by atoms with Gasteiger partial charge in [-0.15, -0.1) is 6.58 Å². The van der Waals surface area contributed by atoms with Gasteiger partial charge in [0.15, 0.2) is 0 Å². The zero-order valence-corrected chi connectivity index (χ0v) is 21.0. The monoisotopic (exact) mass is 506 g/mol. The summed E-state index contributed by atoms with van der Waals surface area (Å²) in [6.07, 6.45) is 2.87. The number of allylic oxidation sites excluding steroid dienone is 1. The largest absolute Gasteiger partial charge is 0.497 e. The zero-order chi connectivity index (χ0) is 26.4. The minimum absolute atomic E-state index is 0.0983. The van der Waals surface area contributed by atoms with Gasteiger partial charge in [-0.2, -0.15) is 0 Å². The Morgan fingerprint density at radius 3 is 2.78 bits per heavy atom. The SMILES string of the molecule is C=CCCC(=O)N(CCc1cccc(OC)c1)C1C=C(C(=O)NCCO)C2c3ccccc3OC2C1O. The van der Waals surface area contributed by atoms with Gasteiger partial charge >= 0.3 is 0 Å². The van der Waals surface area contributed by atoms with E-state index in [1.54, 1.807) is 24.2 Å². The first-order valence-electron chi connectivity index (χ1n) is 12.6. The third-order valence-electron chi connectivity index (χ3n) is 6.90. The summed E-state index contributed by atoms with van der Waals surface area (Å²) in [6.45, 7) is 3.96. The molecule has 0 fully saturated rings. The number of carbonyl (C=O) groups is 2. The molecular weight excluding hydrogens is 472 g/mol. The van der Waals surface area contributed by atoms with Crippen LogP contribution in [-0.2, 0) is 16.0 Å². The Labute approximate surface area is 217 Å². The first-order chi connectivity index (χ1) is 18.0. The summed E-state index contributed by atoms with van der Waals surface area (Å²) < 4.78 is 11.5. The average Bonchev–Trinajstić information content (AvgIpc) is 3.32. The molecule has 0 bridgehead atoms. The molecule has 1 heterocycles. The maximum absolute atomic E-state index is 13.4. The fraction of sp³-hybridized carbons (Fsp3) is 0.379. The number of aliphatic hydroxyl groups excluding tert-OH is 2. The predicted octanol–water partition coefficient (Wildman–Crippen LogP) is 2.36. The number of rotatable bonds is 11. The molecule has 2 aromatic rings. The lowest BCUT2D eigenvalue weighted by Crippen LogP contribution is -2.56. The molecule has 196 valence electrons. The highest BCUT2D eigenvalue weighted by molar-refractivity contribution is 5.96. The summed E-state index contributed by atoms with van der Waals surface area (Å²) in [5.41, 5.74) is 2.22. The first kappa shape index (κ1) is 26.4. The number of para-hydroxylation sites is 1. The van der Waals surface area contributed by atoms with E-state index in [0.29, 0.717) is 30.7 Å². The number of methoxy groups -OCH3 is 1. The summed E-state index contributed by atoms with van der Waals surface area (Å²) in [4.78, 5) is 28.2. The highest BCUT2D eigenvalue weighted by Crippen LogP contribution is 2.47. The number of nitrogens with one attached hydrogen (secondary N) is 1. The molecule has 37 heavy (non-hydrogen) atoms. The smallest absolute Gasteiger partial charge is 0.247 e. The maximum atomic E-state index is 13.4. The van der Waals surface area contributed by atoms with Gasteiger partial charge in [-0.25, -0.2) is 0 Å². The van der Waals surface area contributed by atoms with Gasteiger partial charge in [0.1, 0.15) is 23.7 Å². The molecule has 0 spiro atoms. The molecule has 0 aromatic heterocycles. The maximum Gasteiger partial charge on any atom is 0.247 e. The van der Waals surface area contributed by atoms with Crippen LogP contribution in [0, 0.1) is 0 Å². The summed E-state index contributed by atoms with van der Waals surface area (Å²) in [5.74, 6) is 0.353. The topological polar surface area (TPSA) is 108 Å². The van der Waals surface area contributed by atoms with Crippen molar-refractivity contribution in [1.82, 2.24) is 10.2 Å². The minimum atomic E-state index is -1.05. The Morgan fingerprint density at radius 2 is 2.03 bits per heavy atom. The number of hydrogen-bond donors (Lipinski definition) is 3. The van der Waals surface area contributed by atoms with Crippen LogP contribution in [0.25, 0.3) is 0 Å². The molecule has 4 rings (SSSR count). The Bertz CT molecular complexity index is 1160. The molecule has 0 saturated carbocycles. The van der Waals surface area contributed by atoms with Gasteiger partial charge in [0.05, 0.1) is 25.7 Å². The fourth-order valence-electron chi connectivity index (χ4n) is 5.08. The summed E-state index contributed by atoms with van der Waals surface area (Å²) in [7, 11) is 1.60. The van der Waals surface area contributed by atoms with E-state index in [1.165, 1.54) is 0 Å². The summed E-state index contributed by atoms with van der Waals surface area (Å²) in [5, 5.41) is 23.5. The summed E-state index contributed by atoms with van der Waals surface area (Å²) in [6, 6.07) is 14.3. The van der Waals surface area contributed by atoms with E-state index in [1.807, 2.05) is 48.5 Å². The molecule has 0 radical (unpaired) electrons. The van der Waals surface area contributed by atoms with E-state index >= 15 is 0 Å². The highest BCUT2D eigenvalue weighted by atomic mass is 16.5. The van der Waals surface area contributed by atoms with Crippen LogP contribution >= 0.6 is 0 Å². The molecule has 8 heteroatoms. The van der Waals surface area contributed by atoms with Crippen LogP contribution < -0.4 is 14.8 Å². The first-order valence-corrected chi connectivity index (χ1v) is 12.6. The number of ether oxygens (including phenoxy) is 2. The average molecular weight is 507 g/mol. The molecule has 1 aliphatic carbocycles. The van der Waals surface area contributed by atoms with Crippen molar-refractivity contribution < 1.29 is 29.3 Å². The van der Waals surface area contributed by atoms with Crippen LogP contribution in [0.3, 0.4) is 0 Å². The number of aliphatic hydroxyl groups is 2. The number of carbonyl (C=O) groups excluding carboxylic acids is 2. The molecule has 0 saturated heterocycles. The number of benzene rings is 2. The van der Waals surface area contributed by atoms with Crippen molar-refractivity contribution in [3.63, 3.8) is 0 Å². The van der Waals surface area contributed by atoms with Crippen molar-refractivity contribution in [1.29, 1.82) is 0 Å². The lowest BCUT2D eigenvalue weighted by Gasteiger charge is -2.41. The van der Waals surface area contributed by atoms with Gasteiger partial charge in [0.25, 0.3) is 0 Å². The van der Waals surface area contributed by atoms with Crippen molar-refractivity contribution in [2.75, 3.05) is 26.8 Å². The van der Waals surface area contributed by atoms with E-state index in [4.69, 9.17) is 9.47 Å². The van der Waals surface area contributed by atoms with Gasteiger partial charge in [-0.05, 0) is 42.7 Å². The molecule has 2 aromatic carbocycles. The van der Waals surface area contributed by atoms with Crippen LogP contribution in [0.1, 0.15) is 29.9 Å². The van der Waals surface area contributed by atoms with Crippen LogP contribution in [0.4, 0.5) is 0 Å².